The van der Waals surface area contributed by atoms with Gasteiger partial charge < -0.3 is 10.1 Å². The number of nitrogens with zero attached hydrogens (tertiary/aromatic N) is 2. The molecule has 0 aliphatic heterocycles. The van der Waals surface area contributed by atoms with Crippen LogP contribution in [0.2, 0.25) is 0 Å². The van der Waals surface area contributed by atoms with Crippen molar-refractivity contribution in [3.05, 3.63) is 59.7 Å². The van der Waals surface area contributed by atoms with Crippen molar-refractivity contribution >= 4 is 11.9 Å². The molecular formula is C18H21N3O3. The number of amides is 1. The molecule has 1 amide bonds. The van der Waals surface area contributed by atoms with Crippen LogP contribution >= 0.6 is 0 Å². The zero-order valence-electron chi connectivity index (χ0n) is 13.9. The van der Waals surface area contributed by atoms with Gasteiger partial charge in [0.25, 0.3) is 5.91 Å². The first-order valence-corrected chi connectivity index (χ1v) is 7.85. The molecule has 24 heavy (non-hydrogen) atoms. The van der Waals surface area contributed by atoms with Crippen molar-refractivity contribution in [1.82, 2.24) is 15.3 Å². The second kappa shape index (κ2) is 8.76. The first-order valence-electron chi connectivity index (χ1n) is 7.85. The summed E-state index contributed by atoms with van der Waals surface area (Å²) in [5.41, 5.74) is 2.52. The molecule has 2 rings (SSSR count). The number of rotatable bonds is 7. The number of carbonyl (C=O) groups excluding carboxylic acids is 2. The van der Waals surface area contributed by atoms with Gasteiger partial charge in [0.05, 0.1) is 6.20 Å². The van der Waals surface area contributed by atoms with Gasteiger partial charge in [0, 0.05) is 18.9 Å². The largest absolute Gasteiger partial charge is 0.451 e. The minimum atomic E-state index is -0.664. The topological polar surface area (TPSA) is 81.2 Å². The van der Waals surface area contributed by atoms with Gasteiger partial charge in [-0.25, -0.2) is 9.78 Å². The fourth-order valence-corrected chi connectivity index (χ4v) is 2.08. The van der Waals surface area contributed by atoms with Crippen molar-refractivity contribution in [2.75, 3.05) is 13.2 Å². The van der Waals surface area contributed by atoms with Gasteiger partial charge in [-0.3, -0.25) is 9.78 Å². The summed E-state index contributed by atoms with van der Waals surface area (Å²) in [5.74, 6) is -0.503. The zero-order chi connectivity index (χ0) is 17.4. The Morgan fingerprint density at radius 1 is 1.17 bits per heavy atom. The van der Waals surface area contributed by atoms with Crippen LogP contribution in [-0.4, -0.2) is 35.0 Å². The van der Waals surface area contributed by atoms with E-state index in [2.05, 4.69) is 53.4 Å². The highest BCUT2D eigenvalue weighted by molar-refractivity contribution is 5.89. The van der Waals surface area contributed by atoms with Crippen LogP contribution < -0.4 is 5.32 Å². The molecule has 0 saturated carbocycles. The maximum atomic E-state index is 11.7. The van der Waals surface area contributed by atoms with Gasteiger partial charge in [-0.05, 0) is 23.5 Å². The Morgan fingerprint density at radius 3 is 2.54 bits per heavy atom. The van der Waals surface area contributed by atoms with E-state index >= 15 is 0 Å². The predicted octanol–water partition coefficient (Wildman–Crippen LogP) is 2.12. The smallest absolute Gasteiger partial charge is 0.359 e. The van der Waals surface area contributed by atoms with E-state index in [1.807, 2.05) is 0 Å². The SMILES string of the molecule is CC(C)c1ccc(CCNC(=O)COC(=O)c2cnccn2)cc1. The van der Waals surface area contributed by atoms with E-state index in [1.165, 1.54) is 24.2 Å². The molecule has 126 valence electrons. The second-order valence-electron chi connectivity index (χ2n) is 5.66. The monoisotopic (exact) mass is 327 g/mol. The number of carbonyl (C=O) groups is 2. The molecule has 0 atom stereocenters. The number of benzene rings is 1. The minimum Gasteiger partial charge on any atom is -0.451 e. The summed E-state index contributed by atoms with van der Waals surface area (Å²) >= 11 is 0. The van der Waals surface area contributed by atoms with Crippen molar-refractivity contribution < 1.29 is 14.3 Å². The molecule has 0 aliphatic carbocycles. The standard InChI is InChI=1S/C18H21N3O3/c1-13(2)15-5-3-14(4-6-15)7-8-21-17(22)12-24-18(23)16-11-19-9-10-20-16/h3-6,9-11,13H,7-8,12H2,1-2H3,(H,21,22). The first-order chi connectivity index (χ1) is 11.6. The van der Waals surface area contributed by atoms with Crippen LogP contribution in [0, 0.1) is 0 Å². The number of nitrogens with one attached hydrogen (secondary N) is 1. The second-order valence-corrected chi connectivity index (χ2v) is 5.66. The summed E-state index contributed by atoms with van der Waals surface area (Å²) in [4.78, 5) is 30.9. The Labute approximate surface area is 141 Å². The predicted molar refractivity (Wildman–Crippen MR) is 89.6 cm³/mol. The van der Waals surface area contributed by atoms with E-state index in [0.29, 0.717) is 12.5 Å². The lowest BCUT2D eigenvalue weighted by Crippen LogP contribution is -2.30. The van der Waals surface area contributed by atoms with Crippen LogP contribution in [0.3, 0.4) is 0 Å². The quantitative estimate of drug-likeness (QED) is 0.788. The lowest BCUT2D eigenvalue weighted by molar-refractivity contribution is -0.124. The van der Waals surface area contributed by atoms with Crippen LogP contribution in [0.1, 0.15) is 41.4 Å². The lowest BCUT2D eigenvalue weighted by atomic mass is 10.0. The van der Waals surface area contributed by atoms with Crippen molar-refractivity contribution in [1.29, 1.82) is 0 Å². The van der Waals surface area contributed by atoms with Crippen LogP contribution in [0.15, 0.2) is 42.9 Å². The minimum absolute atomic E-state index is 0.0792. The van der Waals surface area contributed by atoms with Crippen LogP contribution in [0.5, 0.6) is 0 Å². The van der Waals surface area contributed by atoms with Crippen molar-refractivity contribution in [3.63, 3.8) is 0 Å². The Balaban J connectivity index is 1.69. The summed E-state index contributed by atoms with van der Waals surface area (Å²) in [6, 6.07) is 8.33. The molecule has 2 aromatic rings. The molecule has 0 bridgehead atoms. The highest BCUT2D eigenvalue weighted by Gasteiger charge is 2.11. The Kier molecular flexibility index (Phi) is 6.42. The summed E-state index contributed by atoms with van der Waals surface area (Å²) in [6.45, 7) is 4.46. The van der Waals surface area contributed by atoms with Gasteiger partial charge in [-0.15, -0.1) is 0 Å². The number of esters is 1. The lowest BCUT2D eigenvalue weighted by Gasteiger charge is -2.08. The van der Waals surface area contributed by atoms with E-state index in [4.69, 9.17) is 4.74 Å². The molecular weight excluding hydrogens is 306 g/mol. The number of hydrogen-bond donors (Lipinski definition) is 1. The maximum Gasteiger partial charge on any atom is 0.359 e. The van der Waals surface area contributed by atoms with E-state index in [-0.39, 0.29) is 18.2 Å². The molecule has 6 heteroatoms. The summed E-state index contributed by atoms with van der Waals surface area (Å²) < 4.78 is 4.88. The van der Waals surface area contributed by atoms with Gasteiger partial charge >= 0.3 is 5.97 Å². The molecule has 1 heterocycles. The third-order valence-corrected chi connectivity index (χ3v) is 3.49. The first kappa shape index (κ1) is 17.6. The van der Waals surface area contributed by atoms with Gasteiger partial charge in [0.1, 0.15) is 0 Å². The van der Waals surface area contributed by atoms with Crippen LogP contribution in [-0.2, 0) is 16.0 Å². The third kappa shape index (κ3) is 5.46. The Morgan fingerprint density at radius 2 is 1.92 bits per heavy atom. The van der Waals surface area contributed by atoms with Crippen molar-refractivity contribution in [2.45, 2.75) is 26.2 Å². The van der Waals surface area contributed by atoms with Crippen molar-refractivity contribution in [2.24, 2.45) is 0 Å². The number of hydrogen-bond acceptors (Lipinski definition) is 5. The third-order valence-electron chi connectivity index (χ3n) is 3.49. The number of ether oxygens (including phenoxy) is 1. The van der Waals surface area contributed by atoms with E-state index in [1.54, 1.807) is 0 Å². The normalized spacial score (nSPS) is 10.5. The zero-order valence-corrected chi connectivity index (χ0v) is 13.9. The summed E-state index contributed by atoms with van der Waals surface area (Å²) in [6.07, 6.45) is 4.86. The highest BCUT2D eigenvalue weighted by Crippen LogP contribution is 2.14. The maximum absolute atomic E-state index is 11.7. The van der Waals surface area contributed by atoms with Gasteiger partial charge in [-0.1, -0.05) is 38.1 Å². The van der Waals surface area contributed by atoms with E-state index in [9.17, 15) is 9.59 Å². The number of aromatic nitrogens is 2. The molecule has 1 aromatic carbocycles. The molecule has 1 aromatic heterocycles. The van der Waals surface area contributed by atoms with Gasteiger partial charge in [0.2, 0.25) is 0 Å². The Bertz CT molecular complexity index is 670. The van der Waals surface area contributed by atoms with E-state index < -0.39 is 5.97 Å². The molecule has 6 nitrogen and oxygen atoms in total. The molecule has 0 unspecified atom stereocenters. The molecule has 0 saturated heterocycles. The summed E-state index contributed by atoms with van der Waals surface area (Å²) in [7, 11) is 0. The average molecular weight is 327 g/mol. The van der Waals surface area contributed by atoms with Crippen molar-refractivity contribution in [3.8, 4) is 0 Å². The highest BCUT2D eigenvalue weighted by atomic mass is 16.5. The molecule has 0 fully saturated rings. The fraction of sp³-hybridized carbons (Fsp3) is 0.333. The Hall–Kier alpha value is -2.76. The van der Waals surface area contributed by atoms with E-state index in [0.717, 1.165) is 12.0 Å². The van der Waals surface area contributed by atoms with Crippen LogP contribution in [0.25, 0.3) is 0 Å². The fourth-order valence-electron chi connectivity index (χ4n) is 2.08. The average Bonchev–Trinajstić information content (AvgIpc) is 2.61. The van der Waals surface area contributed by atoms with Crippen LogP contribution in [0.4, 0.5) is 0 Å². The molecule has 0 spiro atoms. The molecule has 0 aliphatic rings. The molecule has 1 N–H and O–H groups in total. The van der Waals surface area contributed by atoms with Gasteiger partial charge in [-0.2, -0.15) is 0 Å². The molecule has 0 radical (unpaired) electrons. The summed E-state index contributed by atoms with van der Waals surface area (Å²) in [5, 5.41) is 2.72. The van der Waals surface area contributed by atoms with Gasteiger partial charge in [0.15, 0.2) is 12.3 Å².